The molecule has 6 nitrogen and oxygen atoms in total. The van der Waals surface area contributed by atoms with Crippen molar-refractivity contribution in [2.24, 2.45) is 5.73 Å². The number of rotatable bonds is 4. The third-order valence-corrected chi connectivity index (χ3v) is 1.92. The predicted molar refractivity (Wildman–Crippen MR) is 52.3 cm³/mol. The van der Waals surface area contributed by atoms with Gasteiger partial charge in [0.05, 0.1) is 19.0 Å². The number of carbonyl (C=O) groups is 1. The van der Waals surface area contributed by atoms with Gasteiger partial charge < -0.3 is 20.3 Å². The van der Waals surface area contributed by atoms with Gasteiger partial charge in [-0.1, -0.05) is 0 Å². The number of hydrogen-bond acceptors (Lipinski definition) is 5. The Hall–Kier alpha value is -2.03. The van der Waals surface area contributed by atoms with Crippen LogP contribution in [0.15, 0.2) is 6.20 Å². The van der Waals surface area contributed by atoms with Gasteiger partial charge in [-0.15, -0.1) is 13.2 Å². The Morgan fingerprint density at radius 2 is 2.17 bits per heavy atom. The molecule has 0 saturated heterocycles. The van der Waals surface area contributed by atoms with E-state index in [1.807, 2.05) is 0 Å². The van der Waals surface area contributed by atoms with Crippen LogP contribution in [0.3, 0.4) is 0 Å². The molecule has 18 heavy (non-hydrogen) atoms. The van der Waals surface area contributed by atoms with Crippen LogP contribution >= 0.6 is 0 Å². The zero-order chi connectivity index (χ0) is 13.9. The standard InChI is InChI=1S/C9H9F3N2O4/c1-17-5-3-14-4(2-13)7(6(5)8(15)16)18-9(10,11)12/h3H,2,13H2,1H3,(H,15,16). The molecule has 1 aromatic heterocycles. The van der Waals surface area contributed by atoms with Gasteiger partial charge in [0, 0.05) is 6.54 Å². The van der Waals surface area contributed by atoms with E-state index in [4.69, 9.17) is 10.8 Å². The number of pyridine rings is 1. The van der Waals surface area contributed by atoms with Crippen molar-refractivity contribution in [3.05, 3.63) is 17.5 Å². The lowest BCUT2D eigenvalue weighted by Crippen LogP contribution is -2.22. The quantitative estimate of drug-likeness (QED) is 0.848. The monoisotopic (exact) mass is 266 g/mol. The molecule has 0 atom stereocenters. The Morgan fingerprint density at radius 3 is 2.56 bits per heavy atom. The highest BCUT2D eigenvalue weighted by Gasteiger charge is 2.36. The molecule has 3 N–H and O–H groups in total. The molecule has 0 spiro atoms. The molecule has 9 heteroatoms. The highest BCUT2D eigenvalue weighted by atomic mass is 19.4. The zero-order valence-corrected chi connectivity index (χ0v) is 9.11. The van der Waals surface area contributed by atoms with Gasteiger partial charge in [-0.25, -0.2) is 4.79 Å². The summed E-state index contributed by atoms with van der Waals surface area (Å²) in [5.74, 6) is -2.95. The van der Waals surface area contributed by atoms with Crippen molar-refractivity contribution in [1.29, 1.82) is 0 Å². The van der Waals surface area contributed by atoms with E-state index in [9.17, 15) is 18.0 Å². The molecular formula is C9H9F3N2O4. The van der Waals surface area contributed by atoms with Gasteiger partial charge in [0.15, 0.2) is 11.5 Å². The number of methoxy groups -OCH3 is 1. The second kappa shape index (κ2) is 5.08. The summed E-state index contributed by atoms with van der Waals surface area (Å²) in [5.41, 5.74) is 4.09. The van der Waals surface area contributed by atoms with Gasteiger partial charge in [0.1, 0.15) is 5.56 Å². The number of nitrogens with two attached hydrogens (primary N) is 1. The number of carboxylic acid groups (broad SMARTS) is 1. The topological polar surface area (TPSA) is 94.7 Å². The number of alkyl halides is 3. The van der Waals surface area contributed by atoms with Crippen LogP contribution in [0.25, 0.3) is 0 Å². The second-order valence-corrected chi connectivity index (χ2v) is 3.03. The van der Waals surface area contributed by atoms with Crippen LogP contribution in [-0.2, 0) is 6.54 Å². The number of nitrogens with zero attached hydrogens (tertiary/aromatic N) is 1. The Labute approximate surface area is 99.1 Å². The first kappa shape index (κ1) is 14.0. The van der Waals surface area contributed by atoms with Gasteiger partial charge in [-0.05, 0) is 0 Å². The van der Waals surface area contributed by atoms with Gasteiger partial charge in [0.2, 0.25) is 0 Å². The van der Waals surface area contributed by atoms with Gasteiger partial charge >= 0.3 is 12.3 Å². The SMILES string of the molecule is COc1cnc(CN)c(OC(F)(F)F)c1C(=O)O. The molecule has 0 aromatic carbocycles. The fourth-order valence-corrected chi connectivity index (χ4v) is 1.24. The van der Waals surface area contributed by atoms with Crippen molar-refractivity contribution in [1.82, 2.24) is 4.98 Å². The first-order chi connectivity index (χ1) is 8.30. The van der Waals surface area contributed by atoms with Crippen LogP contribution in [0.5, 0.6) is 11.5 Å². The summed E-state index contributed by atoms with van der Waals surface area (Å²) < 4.78 is 44.9. The van der Waals surface area contributed by atoms with Crippen LogP contribution in [0.1, 0.15) is 16.1 Å². The summed E-state index contributed by atoms with van der Waals surface area (Å²) in [6, 6.07) is 0. The second-order valence-electron chi connectivity index (χ2n) is 3.03. The molecule has 0 aliphatic heterocycles. The first-order valence-corrected chi connectivity index (χ1v) is 4.55. The normalized spacial score (nSPS) is 11.2. The highest BCUT2D eigenvalue weighted by molar-refractivity contribution is 5.94. The maximum Gasteiger partial charge on any atom is 0.573 e. The Morgan fingerprint density at radius 1 is 1.56 bits per heavy atom. The summed E-state index contributed by atoms with van der Waals surface area (Å²) in [7, 11) is 1.10. The molecule has 1 heterocycles. The van der Waals surface area contributed by atoms with E-state index in [-0.39, 0.29) is 11.4 Å². The number of halogens is 3. The highest BCUT2D eigenvalue weighted by Crippen LogP contribution is 2.34. The molecule has 0 saturated carbocycles. The molecule has 1 aromatic rings. The lowest BCUT2D eigenvalue weighted by Gasteiger charge is -2.15. The van der Waals surface area contributed by atoms with Gasteiger partial charge in [-0.2, -0.15) is 0 Å². The third-order valence-electron chi connectivity index (χ3n) is 1.92. The van der Waals surface area contributed by atoms with Crippen LogP contribution in [-0.4, -0.2) is 29.5 Å². The first-order valence-electron chi connectivity index (χ1n) is 4.55. The summed E-state index contributed by atoms with van der Waals surface area (Å²) >= 11 is 0. The zero-order valence-electron chi connectivity index (χ0n) is 9.11. The van der Waals surface area contributed by atoms with Crippen molar-refractivity contribution in [3.63, 3.8) is 0 Å². The number of carboxylic acids is 1. The van der Waals surface area contributed by atoms with Crippen LogP contribution < -0.4 is 15.2 Å². The van der Waals surface area contributed by atoms with Crippen molar-refractivity contribution in [2.75, 3.05) is 7.11 Å². The van der Waals surface area contributed by atoms with E-state index in [0.717, 1.165) is 13.3 Å². The third kappa shape index (κ3) is 3.00. The number of hydrogen-bond donors (Lipinski definition) is 2. The maximum absolute atomic E-state index is 12.2. The fourth-order valence-electron chi connectivity index (χ4n) is 1.24. The van der Waals surface area contributed by atoms with Crippen LogP contribution in [0.2, 0.25) is 0 Å². The maximum atomic E-state index is 12.2. The van der Waals surface area contributed by atoms with Crippen molar-refractivity contribution in [2.45, 2.75) is 12.9 Å². The molecule has 0 bridgehead atoms. The molecular weight excluding hydrogens is 257 g/mol. The van der Waals surface area contributed by atoms with E-state index in [1.165, 1.54) is 0 Å². The van der Waals surface area contributed by atoms with Crippen LogP contribution in [0.4, 0.5) is 13.2 Å². The van der Waals surface area contributed by atoms with E-state index >= 15 is 0 Å². The number of aromatic nitrogens is 1. The minimum atomic E-state index is -5.05. The summed E-state index contributed by atoms with van der Waals surface area (Å²) in [4.78, 5) is 14.5. The van der Waals surface area contributed by atoms with Crippen molar-refractivity contribution >= 4 is 5.97 Å². The van der Waals surface area contributed by atoms with Gasteiger partial charge in [-0.3, -0.25) is 4.98 Å². The van der Waals surface area contributed by atoms with Crippen molar-refractivity contribution < 1.29 is 32.5 Å². The smallest absolute Gasteiger partial charge is 0.494 e. The van der Waals surface area contributed by atoms with E-state index in [1.54, 1.807) is 0 Å². The Bertz CT molecular complexity index is 462. The average molecular weight is 266 g/mol. The van der Waals surface area contributed by atoms with E-state index in [0.29, 0.717) is 0 Å². The Balaban J connectivity index is 3.45. The lowest BCUT2D eigenvalue weighted by molar-refractivity contribution is -0.275. The lowest BCUT2D eigenvalue weighted by atomic mass is 10.2. The van der Waals surface area contributed by atoms with Crippen molar-refractivity contribution in [3.8, 4) is 11.5 Å². The molecule has 0 unspecified atom stereocenters. The summed E-state index contributed by atoms with van der Waals surface area (Å²) in [6.07, 6.45) is -4.09. The Kier molecular flexibility index (Phi) is 3.96. The minimum absolute atomic E-state index is 0.328. The summed E-state index contributed by atoms with van der Waals surface area (Å²) in [5, 5.41) is 8.90. The average Bonchev–Trinajstić information content (AvgIpc) is 2.25. The predicted octanol–water partition coefficient (Wildman–Crippen LogP) is 1.15. The number of aromatic carboxylic acids is 1. The minimum Gasteiger partial charge on any atom is -0.494 e. The molecule has 0 fully saturated rings. The molecule has 1 rings (SSSR count). The van der Waals surface area contributed by atoms with Gasteiger partial charge in [0.25, 0.3) is 0 Å². The van der Waals surface area contributed by atoms with Crippen LogP contribution in [0, 0.1) is 0 Å². The van der Waals surface area contributed by atoms with E-state index in [2.05, 4.69) is 14.5 Å². The largest absolute Gasteiger partial charge is 0.573 e. The molecule has 0 aliphatic rings. The molecule has 0 radical (unpaired) electrons. The fraction of sp³-hybridized carbons (Fsp3) is 0.333. The van der Waals surface area contributed by atoms with E-state index < -0.39 is 30.2 Å². The molecule has 0 amide bonds. The summed E-state index contributed by atoms with van der Waals surface area (Å²) in [6.45, 7) is -0.407. The molecule has 100 valence electrons. The molecule has 0 aliphatic carbocycles. The number of ether oxygens (including phenoxy) is 2.